The molecule has 0 fully saturated rings. The Labute approximate surface area is 145 Å². The lowest BCUT2D eigenvalue weighted by Crippen LogP contribution is -2.23. The third-order valence-electron chi connectivity index (χ3n) is 4.24. The first-order chi connectivity index (χ1) is 11.5. The van der Waals surface area contributed by atoms with E-state index in [9.17, 15) is 18.0 Å². The Morgan fingerprint density at radius 3 is 1.80 bits per heavy atom. The van der Waals surface area contributed by atoms with Gasteiger partial charge in [-0.25, -0.2) is 0 Å². The van der Waals surface area contributed by atoms with Crippen LogP contribution in [0.2, 0.25) is 0 Å². The first kappa shape index (κ1) is 19.0. The van der Waals surface area contributed by atoms with E-state index in [1.54, 1.807) is 0 Å². The Balaban J connectivity index is 2.23. The van der Waals surface area contributed by atoms with Gasteiger partial charge in [0, 0.05) is 0 Å². The van der Waals surface area contributed by atoms with Crippen molar-refractivity contribution in [2.45, 2.75) is 44.7 Å². The second-order valence-corrected chi connectivity index (χ2v) is 7.23. The zero-order chi connectivity index (χ0) is 18.8. The number of hydrogen-bond donors (Lipinski definition) is 1. The number of amides is 1. The van der Waals surface area contributed by atoms with Gasteiger partial charge >= 0.3 is 6.18 Å². The summed E-state index contributed by atoms with van der Waals surface area (Å²) in [7, 11) is 0. The molecule has 2 aromatic rings. The van der Waals surface area contributed by atoms with Crippen molar-refractivity contribution in [1.82, 2.24) is 0 Å². The molecule has 2 N–H and O–H groups in total. The van der Waals surface area contributed by atoms with Crippen LogP contribution in [0.5, 0.6) is 0 Å². The molecule has 1 unspecified atom stereocenters. The first-order valence-corrected chi connectivity index (χ1v) is 8.04. The van der Waals surface area contributed by atoms with Gasteiger partial charge in [-0.3, -0.25) is 4.79 Å². The molecule has 1 atom stereocenters. The summed E-state index contributed by atoms with van der Waals surface area (Å²) in [4.78, 5) is 11.8. The van der Waals surface area contributed by atoms with Crippen molar-refractivity contribution >= 4 is 5.91 Å². The minimum absolute atomic E-state index is 0.0229. The fourth-order valence-electron chi connectivity index (χ4n) is 2.66. The quantitative estimate of drug-likeness (QED) is 0.845. The number of hydrogen-bond acceptors (Lipinski definition) is 1. The van der Waals surface area contributed by atoms with Crippen LogP contribution in [-0.2, 0) is 22.8 Å². The zero-order valence-electron chi connectivity index (χ0n) is 14.5. The normalized spacial score (nSPS) is 13.5. The predicted molar refractivity (Wildman–Crippen MR) is 92.2 cm³/mol. The lowest BCUT2D eigenvalue weighted by molar-refractivity contribution is -0.137. The smallest absolute Gasteiger partial charge is 0.369 e. The summed E-state index contributed by atoms with van der Waals surface area (Å²) in [5.74, 6) is -1.22. The van der Waals surface area contributed by atoms with E-state index in [-0.39, 0.29) is 5.41 Å². The molecule has 0 saturated heterocycles. The first-order valence-electron chi connectivity index (χ1n) is 8.04. The number of carbonyl (C=O) groups is 1. The highest BCUT2D eigenvalue weighted by atomic mass is 19.4. The molecule has 2 nitrogen and oxygen atoms in total. The minimum Gasteiger partial charge on any atom is -0.369 e. The molecule has 2 aromatic carbocycles. The van der Waals surface area contributed by atoms with Gasteiger partial charge in [-0.1, -0.05) is 57.2 Å². The van der Waals surface area contributed by atoms with Crippen molar-refractivity contribution in [3.8, 4) is 0 Å². The summed E-state index contributed by atoms with van der Waals surface area (Å²) in [5.41, 5.74) is 7.33. The van der Waals surface area contributed by atoms with E-state index in [1.807, 2.05) is 24.3 Å². The van der Waals surface area contributed by atoms with E-state index in [1.165, 1.54) is 17.7 Å². The Hall–Kier alpha value is -2.30. The van der Waals surface area contributed by atoms with Crippen LogP contribution in [0.15, 0.2) is 48.5 Å². The molecule has 0 aliphatic carbocycles. The van der Waals surface area contributed by atoms with E-state index in [0.717, 1.165) is 17.7 Å². The van der Waals surface area contributed by atoms with Crippen molar-refractivity contribution in [1.29, 1.82) is 0 Å². The summed E-state index contributed by atoms with van der Waals surface area (Å²) in [6.45, 7) is 6.32. The number of carbonyl (C=O) groups excluding carboxylic acids is 1. The second-order valence-electron chi connectivity index (χ2n) is 7.23. The van der Waals surface area contributed by atoms with Crippen molar-refractivity contribution in [2.75, 3.05) is 0 Å². The van der Waals surface area contributed by atoms with E-state index in [4.69, 9.17) is 5.73 Å². The third kappa shape index (κ3) is 4.84. The van der Waals surface area contributed by atoms with Gasteiger partial charge in [0.15, 0.2) is 0 Å². The Kier molecular flexibility index (Phi) is 5.26. The van der Waals surface area contributed by atoms with Crippen LogP contribution >= 0.6 is 0 Å². The van der Waals surface area contributed by atoms with E-state index in [0.29, 0.717) is 12.0 Å². The molecule has 0 spiro atoms. The van der Waals surface area contributed by atoms with Gasteiger partial charge in [-0.15, -0.1) is 0 Å². The molecule has 1 amide bonds. The maximum absolute atomic E-state index is 12.7. The van der Waals surface area contributed by atoms with Gasteiger partial charge in [0.05, 0.1) is 11.5 Å². The van der Waals surface area contributed by atoms with Gasteiger partial charge in [0.1, 0.15) is 0 Å². The molecule has 0 heterocycles. The van der Waals surface area contributed by atoms with Crippen molar-refractivity contribution in [3.05, 3.63) is 70.8 Å². The van der Waals surface area contributed by atoms with Gasteiger partial charge in [0.25, 0.3) is 0 Å². The van der Waals surface area contributed by atoms with Crippen molar-refractivity contribution in [2.24, 2.45) is 5.73 Å². The van der Waals surface area contributed by atoms with Crippen LogP contribution in [0, 0.1) is 0 Å². The highest BCUT2D eigenvalue weighted by molar-refractivity contribution is 5.82. The van der Waals surface area contributed by atoms with Gasteiger partial charge < -0.3 is 5.73 Å². The van der Waals surface area contributed by atoms with Crippen LogP contribution in [0.3, 0.4) is 0 Å². The Morgan fingerprint density at radius 1 is 0.920 bits per heavy atom. The van der Waals surface area contributed by atoms with E-state index >= 15 is 0 Å². The highest BCUT2D eigenvalue weighted by Gasteiger charge is 2.30. The monoisotopic (exact) mass is 349 g/mol. The average molecular weight is 349 g/mol. The lowest BCUT2D eigenvalue weighted by atomic mass is 9.85. The third-order valence-corrected chi connectivity index (χ3v) is 4.24. The average Bonchev–Trinajstić information content (AvgIpc) is 2.51. The fraction of sp³-hybridized carbons (Fsp3) is 0.350. The zero-order valence-corrected chi connectivity index (χ0v) is 14.5. The van der Waals surface area contributed by atoms with Gasteiger partial charge in [-0.05, 0) is 40.7 Å². The molecule has 0 radical (unpaired) electrons. The Bertz CT molecular complexity index is 726. The molecule has 0 aromatic heterocycles. The molecule has 5 heteroatoms. The van der Waals surface area contributed by atoms with Crippen molar-refractivity contribution < 1.29 is 18.0 Å². The van der Waals surface area contributed by atoms with Gasteiger partial charge in [-0.2, -0.15) is 13.2 Å². The largest absolute Gasteiger partial charge is 0.416 e. The van der Waals surface area contributed by atoms with Crippen LogP contribution in [0.25, 0.3) is 0 Å². The summed E-state index contributed by atoms with van der Waals surface area (Å²) >= 11 is 0. The summed E-state index contributed by atoms with van der Waals surface area (Å²) in [6.07, 6.45) is -4.05. The topological polar surface area (TPSA) is 43.1 Å². The van der Waals surface area contributed by atoms with Gasteiger partial charge in [0.2, 0.25) is 5.91 Å². The van der Waals surface area contributed by atoms with Crippen molar-refractivity contribution in [3.63, 3.8) is 0 Å². The van der Waals surface area contributed by atoms with Crippen LogP contribution < -0.4 is 5.73 Å². The molecule has 0 aliphatic rings. The summed E-state index contributed by atoms with van der Waals surface area (Å²) < 4.78 is 38.0. The molecular formula is C20H22F3NO. The summed E-state index contributed by atoms with van der Waals surface area (Å²) in [6, 6.07) is 12.5. The maximum atomic E-state index is 12.7. The van der Waals surface area contributed by atoms with E-state index in [2.05, 4.69) is 20.8 Å². The summed E-state index contributed by atoms with van der Waals surface area (Å²) in [5, 5.41) is 0. The van der Waals surface area contributed by atoms with Crippen LogP contribution in [-0.4, -0.2) is 5.91 Å². The molecule has 0 bridgehead atoms. The molecule has 2 rings (SSSR count). The standard InChI is InChI=1S/C20H22F3NO/c1-19(2,3)15-8-4-13(5-9-15)12-17(18(24)25)14-6-10-16(11-7-14)20(21,22)23/h4-11,17H,12H2,1-3H3,(H2,24,25). The molecular weight excluding hydrogens is 327 g/mol. The van der Waals surface area contributed by atoms with Crippen LogP contribution in [0.1, 0.15) is 48.9 Å². The number of alkyl halides is 3. The fourth-order valence-corrected chi connectivity index (χ4v) is 2.66. The molecule has 0 aliphatic heterocycles. The molecule has 25 heavy (non-hydrogen) atoms. The van der Waals surface area contributed by atoms with E-state index < -0.39 is 23.6 Å². The molecule has 134 valence electrons. The SMILES string of the molecule is CC(C)(C)c1ccc(CC(C(N)=O)c2ccc(C(F)(F)F)cc2)cc1. The molecule has 0 saturated carbocycles. The number of primary amides is 1. The number of rotatable bonds is 4. The van der Waals surface area contributed by atoms with Crippen LogP contribution in [0.4, 0.5) is 13.2 Å². The highest BCUT2D eigenvalue weighted by Crippen LogP contribution is 2.31. The second kappa shape index (κ2) is 6.90. The predicted octanol–water partition coefficient (Wildman–Crippen LogP) is 4.81. The minimum atomic E-state index is -4.40. The number of benzene rings is 2. The number of nitrogens with two attached hydrogens (primary N) is 1. The maximum Gasteiger partial charge on any atom is 0.416 e. The lowest BCUT2D eigenvalue weighted by Gasteiger charge is -2.20. The number of halogens is 3. The Morgan fingerprint density at radius 2 is 1.40 bits per heavy atom.